The molecule has 1 aliphatic heterocycles. The van der Waals surface area contributed by atoms with Gasteiger partial charge in [-0.2, -0.15) is 0 Å². The molecule has 0 saturated carbocycles. The molecule has 37 heavy (non-hydrogen) atoms. The fourth-order valence-corrected chi connectivity index (χ4v) is 4.76. The Labute approximate surface area is 216 Å². The highest BCUT2D eigenvalue weighted by molar-refractivity contribution is 5.90. The largest absolute Gasteiger partial charge is 0.493 e. The minimum atomic E-state index is -0.815. The molecule has 0 radical (unpaired) electrons. The molecule has 0 spiro atoms. The number of benzene rings is 3. The molecule has 3 aromatic rings. The topological polar surface area (TPSA) is 41.6 Å². The number of urea groups is 1. The second-order valence-corrected chi connectivity index (χ2v) is 9.43. The lowest BCUT2D eigenvalue weighted by Crippen LogP contribution is -2.39. The lowest BCUT2D eigenvalue weighted by atomic mass is 9.96. The molecule has 1 aliphatic rings. The lowest BCUT2D eigenvalue weighted by molar-refractivity contribution is 0.181. The van der Waals surface area contributed by atoms with E-state index in [4.69, 9.17) is 4.74 Å². The number of unbranched alkanes of at least 4 members (excludes halogenated alkanes) is 4. The number of hydrogen-bond donors (Lipinski definition) is 1. The third-order valence-corrected chi connectivity index (χ3v) is 6.74. The predicted molar refractivity (Wildman–Crippen MR) is 140 cm³/mol. The van der Waals surface area contributed by atoms with Crippen molar-refractivity contribution >= 4 is 11.7 Å². The molecule has 2 amide bonds. The van der Waals surface area contributed by atoms with Crippen LogP contribution in [0, 0.1) is 17.5 Å². The highest BCUT2D eigenvalue weighted by atomic mass is 19.1. The Morgan fingerprint density at radius 3 is 2.41 bits per heavy atom. The van der Waals surface area contributed by atoms with Crippen LogP contribution in [0.1, 0.15) is 63.5 Å². The van der Waals surface area contributed by atoms with Crippen molar-refractivity contribution in [2.75, 3.05) is 18.5 Å². The van der Waals surface area contributed by atoms with Crippen molar-refractivity contribution in [3.8, 4) is 16.9 Å². The molecule has 0 saturated heterocycles. The highest BCUT2D eigenvalue weighted by Crippen LogP contribution is 2.39. The van der Waals surface area contributed by atoms with E-state index in [1.54, 1.807) is 17.0 Å². The number of carbonyl (C=O) groups is 1. The number of rotatable bonds is 9. The molecule has 7 heteroatoms. The first-order valence-electron chi connectivity index (χ1n) is 13.0. The normalized spacial score (nSPS) is 14.9. The molecular weight excluding hydrogens is 477 g/mol. The molecule has 3 aromatic carbocycles. The fourth-order valence-electron chi connectivity index (χ4n) is 4.76. The number of carbonyl (C=O) groups excluding carboxylic acids is 1. The standard InChI is InChI=1S/C30H33F3N2O2/c1-2-3-4-5-6-17-35(30(36)34-27-16-14-24(32)20-26(27)33)28-8-7-18-37-29-19-22(11-15-25(28)29)21-9-12-23(31)13-10-21/h9-16,19-20,28H,2-8,17-18H2,1H3,(H,34,36)/t28-/m0/s1. The van der Waals surface area contributed by atoms with E-state index in [1.165, 1.54) is 18.2 Å². The van der Waals surface area contributed by atoms with Crippen LogP contribution in [0.5, 0.6) is 5.75 Å². The summed E-state index contributed by atoms with van der Waals surface area (Å²) in [6.45, 7) is 3.16. The third kappa shape index (κ3) is 6.85. The molecule has 1 atom stereocenters. The van der Waals surface area contributed by atoms with Crippen LogP contribution in [0.15, 0.2) is 60.7 Å². The summed E-state index contributed by atoms with van der Waals surface area (Å²) in [5.74, 6) is -1.13. The van der Waals surface area contributed by atoms with E-state index in [-0.39, 0.29) is 17.5 Å². The third-order valence-electron chi connectivity index (χ3n) is 6.74. The van der Waals surface area contributed by atoms with E-state index in [9.17, 15) is 18.0 Å². The van der Waals surface area contributed by atoms with Gasteiger partial charge in [0, 0.05) is 18.2 Å². The lowest BCUT2D eigenvalue weighted by Gasteiger charge is -2.32. The molecular formula is C30H33F3N2O2. The van der Waals surface area contributed by atoms with Crippen molar-refractivity contribution in [2.45, 2.75) is 57.9 Å². The van der Waals surface area contributed by atoms with Gasteiger partial charge in [0.1, 0.15) is 23.2 Å². The highest BCUT2D eigenvalue weighted by Gasteiger charge is 2.30. The maximum Gasteiger partial charge on any atom is 0.322 e. The van der Waals surface area contributed by atoms with Gasteiger partial charge in [-0.1, -0.05) is 56.9 Å². The molecule has 0 fully saturated rings. The van der Waals surface area contributed by atoms with Crippen LogP contribution in [0.4, 0.5) is 23.7 Å². The number of ether oxygens (including phenoxy) is 1. The summed E-state index contributed by atoms with van der Waals surface area (Å²) in [4.78, 5) is 15.2. The zero-order valence-electron chi connectivity index (χ0n) is 21.1. The maximum atomic E-state index is 14.3. The van der Waals surface area contributed by atoms with E-state index < -0.39 is 17.7 Å². The van der Waals surface area contributed by atoms with Crippen LogP contribution in [-0.2, 0) is 0 Å². The minimum Gasteiger partial charge on any atom is -0.493 e. The van der Waals surface area contributed by atoms with Crippen LogP contribution >= 0.6 is 0 Å². The Hall–Kier alpha value is -3.48. The van der Waals surface area contributed by atoms with Crippen molar-refractivity contribution in [3.05, 3.63) is 83.7 Å². The summed E-state index contributed by atoms with van der Waals surface area (Å²) >= 11 is 0. The van der Waals surface area contributed by atoms with Crippen molar-refractivity contribution < 1.29 is 22.7 Å². The zero-order valence-corrected chi connectivity index (χ0v) is 21.1. The summed E-state index contributed by atoms with van der Waals surface area (Å²) in [5.41, 5.74) is 2.58. The van der Waals surface area contributed by atoms with E-state index in [0.717, 1.165) is 67.3 Å². The van der Waals surface area contributed by atoms with Gasteiger partial charge < -0.3 is 15.0 Å². The van der Waals surface area contributed by atoms with Crippen molar-refractivity contribution in [3.63, 3.8) is 0 Å². The smallest absolute Gasteiger partial charge is 0.322 e. The van der Waals surface area contributed by atoms with Gasteiger partial charge in [0.2, 0.25) is 0 Å². The van der Waals surface area contributed by atoms with Gasteiger partial charge in [0.05, 0.1) is 18.3 Å². The second kappa shape index (κ2) is 12.7. The van der Waals surface area contributed by atoms with E-state index in [2.05, 4.69) is 12.2 Å². The number of halogens is 3. The minimum absolute atomic E-state index is 0.0564. The molecule has 0 unspecified atom stereocenters. The number of nitrogens with one attached hydrogen (secondary N) is 1. The summed E-state index contributed by atoms with van der Waals surface area (Å²) in [5, 5.41) is 2.65. The molecule has 1 heterocycles. The Bertz CT molecular complexity index is 1200. The van der Waals surface area contributed by atoms with Crippen LogP contribution in [0.3, 0.4) is 0 Å². The second-order valence-electron chi connectivity index (χ2n) is 9.43. The van der Waals surface area contributed by atoms with E-state index in [0.29, 0.717) is 25.3 Å². The first kappa shape index (κ1) is 26.6. The first-order chi connectivity index (χ1) is 18.0. The van der Waals surface area contributed by atoms with Gasteiger partial charge in [-0.05, 0) is 60.7 Å². The van der Waals surface area contributed by atoms with Crippen LogP contribution in [0.2, 0.25) is 0 Å². The summed E-state index contributed by atoms with van der Waals surface area (Å²) < 4.78 is 47.2. The fraction of sp³-hybridized carbons (Fsp3) is 0.367. The number of hydrogen-bond acceptors (Lipinski definition) is 2. The Morgan fingerprint density at radius 2 is 1.65 bits per heavy atom. The molecule has 196 valence electrons. The number of anilines is 1. The molecule has 4 rings (SSSR count). The monoisotopic (exact) mass is 510 g/mol. The Morgan fingerprint density at radius 1 is 0.919 bits per heavy atom. The zero-order chi connectivity index (χ0) is 26.2. The SMILES string of the molecule is CCCCCCCN(C(=O)Nc1ccc(F)cc1F)[C@H]1CCCOc2cc(-c3ccc(F)cc3)ccc21. The maximum absolute atomic E-state index is 14.3. The van der Waals surface area contributed by atoms with Crippen molar-refractivity contribution in [1.82, 2.24) is 4.90 Å². The summed E-state index contributed by atoms with van der Waals surface area (Å²) in [7, 11) is 0. The van der Waals surface area contributed by atoms with Gasteiger partial charge in [0.15, 0.2) is 0 Å². The molecule has 0 aromatic heterocycles. The molecule has 0 bridgehead atoms. The van der Waals surface area contributed by atoms with Gasteiger partial charge in [-0.3, -0.25) is 0 Å². The van der Waals surface area contributed by atoms with Gasteiger partial charge in [-0.15, -0.1) is 0 Å². The Balaban J connectivity index is 1.62. The average Bonchev–Trinajstić information content (AvgIpc) is 3.10. The van der Waals surface area contributed by atoms with Crippen molar-refractivity contribution in [2.24, 2.45) is 0 Å². The predicted octanol–water partition coefficient (Wildman–Crippen LogP) is 8.49. The molecule has 1 N–H and O–H groups in total. The Kier molecular flexibility index (Phi) is 9.09. The average molecular weight is 511 g/mol. The van der Waals surface area contributed by atoms with Crippen LogP contribution in [-0.4, -0.2) is 24.1 Å². The number of fused-ring (bicyclic) bond motifs is 1. The van der Waals surface area contributed by atoms with E-state index >= 15 is 0 Å². The van der Waals surface area contributed by atoms with Crippen molar-refractivity contribution in [1.29, 1.82) is 0 Å². The molecule has 0 aliphatic carbocycles. The van der Waals surface area contributed by atoms with Gasteiger partial charge >= 0.3 is 6.03 Å². The quantitative estimate of drug-likeness (QED) is 0.293. The van der Waals surface area contributed by atoms with Gasteiger partial charge in [0.25, 0.3) is 0 Å². The number of nitrogens with zero attached hydrogens (tertiary/aromatic N) is 1. The van der Waals surface area contributed by atoms with Gasteiger partial charge in [-0.25, -0.2) is 18.0 Å². The van der Waals surface area contributed by atoms with E-state index in [1.807, 2.05) is 18.2 Å². The van der Waals surface area contributed by atoms with Crippen LogP contribution in [0.25, 0.3) is 11.1 Å². The van der Waals surface area contributed by atoms with Crippen LogP contribution < -0.4 is 10.1 Å². The molecule has 4 nitrogen and oxygen atoms in total. The summed E-state index contributed by atoms with van der Waals surface area (Å²) in [6, 6.07) is 14.5. The number of amides is 2. The first-order valence-corrected chi connectivity index (χ1v) is 13.0. The summed E-state index contributed by atoms with van der Waals surface area (Å²) in [6.07, 6.45) is 6.59.